The zero-order chi connectivity index (χ0) is 15.6. The fourth-order valence-electron chi connectivity index (χ4n) is 3.42. The Morgan fingerprint density at radius 1 is 0.957 bits per heavy atom. The van der Waals surface area contributed by atoms with Crippen LogP contribution >= 0.6 is 11.6 Å². The predicted octanol–water partition coefficient (Wildman–Crippen LogP) is 4.67. The molecule has 0 radical (unpaired) electrons. The summed E-state index contributed by atoms with van der Waals surface area (Å²) in [5.74, 6) is 1.65. The third-order valence-electron chi connectivity index (χ3n) is 4.64. The van der Waals surface area contributed by atoms with Gasteiger partial charge in [-0.15, -0.1) is 0 Å². The van der Waals surface area contributed by atoms with E-state index < -0.39 is 0 Å². The molecule has 1 aromatic heterocycles. The molecule has 2 aromatic carbocycles. The van der Waals surface area contributed by atoms with Crippen LogP contribution in [0.3, 0.4) is 0 Å². The van der Waals surface area contributed by atoms with Crippen LogP contribution in [0.15, 0.2) is 54.9 Å². The van der Waals surface area contributed by atoms with Crippen molar-refractivity contribution in [2.75, 3.05) is 18.0 Å². The Kier molecular flexibility index (Phi) is 3.88. The molecule has 0 N–H and O–H groups in total. The van der Waals surface area contributed by atoms with E-state index in [9.17, 15) is 0 Å². The summed E-state index contributed by atoms with van der Waals surface area (Å²) in [7, 11) is 0. The third kappa shape index (κ3) is 2.89. The van der Waals surface area contributed by atoms with Crippen molar-refractivity contribution < 1.29 is 0 Å². The van der Waals surface area contributed by atoms with Crippen LogP contribution < -0.4 is 4.90 Å². The number of anilines is 1. The number of rotatable bonds is 2. The number of benzene rings is 2. The second-order valence-electron chi connectivity index (χ2n) is 6.03. The molecule has 3 nitrogen and oxygen atoms in total. The Morgan fingerprint density at radius 2 is 1.74 bits per heavy atom. The van der Waals surface area contributed by atoms with Crippen LogP contribution in [0, 0.1) is 0 Å². The molecule has 1 aliphatic rings. The highest BCUT2D eigenvalue weighted by Gasteiger charge is 2.22. The Hall–Kier alpha value is -2.13. The first kappa shape index (κ1) is 14.5. The molecule has 0 bridgehead atoms. The summed E-state index contributed by atoms with van der Waals surface area (Å²) >= 11 is 6.16. The minimum absolute atomic E-state index is 0.643. The zero-order valence-electron chi connectivity index (χ0n) is 12.8. The molecule has 4 rings (SSSR count). The topological polar surface area (TPSA) is 29.0 Å². The molecular weight excluding hydrogens is 306 g/mol. The van der Waals surface area contributed by atoms with Gasteiger partial charge in [-0.25, -0.2) is 9.97 Å². The first-order valence-electron chi connectivity index (χ1n) is 8.01. The van der Waals surface area contributed by atoms with Crippen molar-refractivity contribution in [3.8, 4) is 0 Å². The van der Waals surface area contributed by atoms with E-state index >= 15 is 0 Å². The van der Waals surface area contributed by atoms with Crippen LogP contribution in [0.5, 0.6) is 0 Å². The lowest BCUT2D eigenvalue weighted by atomic mass is 9.89. The average Bonchev–Trinajstić information content (AvgIpc) is 2.62. The van der Waals surface area contributed by atoms with Crippen molar-refractivity contribution >= 4 is 28.3 Å². The Labute approximate surface area is 140 Å². The number of piperidine rings is 1. The molecule has 1 aliphatic heterocycles. The minimum Gasteiger partial charge on any atom is -0.356 e. The number of nitrogens with zero attached hydrogens (tertiary/aromatic N) is 3. The quantitative estimate of drug-likeness (QED) is 0.686. The van der Waals surface area contributed by atoms with Gasteiger partial charge in [0.25, 0.3) is 0 Å². The van der Waals surface area contributed by atoms with E-state index in [4.69, 9.17) is 11.6 Å². The molecule has 0 spiro atoms. The van der Waals surface area contributed by atoms with Crippen molar-refractivity contribution in [1.29, 1.82) is 0 Å². The van der Waals surface area contributed by atoms with E-state index in [0.29, 0.717) is 5.92 Å². The summed E-state index contributed by atoms with van der Waals surface area (Å²) in [5.41, 5.74) is 2.40. The van der Waals surface area contributed by atoms with Gasteiger partial charge in [-0.2, -0.15) is 0 Å². The Bertz CT molecular complexity index is 811. The van der Waals surface area contributed by atoms with E-state index in [1.54, 1.807) is 6.33 Å². The van der Waals surface area contributed by atoms with E-state index in [2.05, 4.69) is 45.2 Å². The molecule has 0 aliphatic carbocycles. The lowest BCUT2D eigenvalue weighted by molar-refractivity contribution is 0.503. The van der Waals surface area contributed by atoms with Gasteiger partial charge in [-0.1, -0.05) is 41.9 Å². The number of fused-ring (bicyclic) bond motifs is 1. The van der Waals surface area contributed by atoms with Crippen molar-refractivity contribution in [1.82, 2.24) is 9.97 Å². The maximum absolute atomic E-state index is 6.16. The van der Waals surface area contributed by atoms with Gasteiger partial charge in [0.1, 0.15) is 12.1 Å². The molecule has 0 atom stereocenters. The van der Waals surface area contributed by atoms with Gasteiger partial charge in [-0.05, 0) is 42.5 Å². The molecule has 0 amide bonds. The van der Waals surface area contributed by atoms with Crippen LogP contribution in [-0.2, 0) is 0 Å². The standard InChI is InChI=1S/C19H18ClN3/c20-16-6-7-18-17(12-16)19(22-13-21-18)23-10-8-15(9-11-23)14-4-2-1-3-5-14/h1-7,12-13,15H,8-11H2. The van der Waals surface area contributed by atoms with Gasteiger partial charge < -0.3 is 4.90 Å². The summed E-state index contributed by atoms with van der Waals surface area (Å²) in [5, 5.41) is 1.77. The molecule has 3 aromatic rings. The van der Waals surface area contributed by atoms with Crippen molar-refractivity contribution in [3.63, 3.8) is 0 Å². The van der Waals surface area contributed by atoms with Crippen LogP contribution in [0.1, 0.15) is 24.3 Å². The van der Waals surface area contributed by atoms with E-state index in [-0.39, 0.29) is 0 Å². The largest absolute Gasteiger partial charge is 0.356 e. The van der Waals surface area contributed by atoms with Crippen LogP contribution in [-0.4, -0.2) is 23.1 Å². The first-order valence-corrected chi connectivity index (χ1v) is 8.39. The van der Waals surface area contributed by atoms with E-state index in [1.807, 2.05) is 18.2 Å². The van der Waals surface area contributed by atoms with Crippen LogP contribution in [0.4, 0.5) is 5.82 Å². The number of hydrogen-bond acceptors (Lipinski definition) is 3. The van der Waals surface area contributed by atoms with E-state index in [0.717, 1.165) is 47.7 Å². The third-order valence-corrected chi connectivity index (χ3v) is 4.88. The van der Waals surface area contributed by atoms with Gasteiger partial charge in [0.2, 0.25) is 0 Å². The first-order chi connectivity index (χ1) is 11.3. The number of halogens is 1. The predicted molar refractivity (Wildman–Crippen MR) is 95.2 cm³/mol. The minimum atomic E-state index is 0.643. The van der Waals surface area contributed by atoms with E-state index in [1.165, 1.54) is 5.56 Å². The van der Waals surface area contributed by atoms with Gasteiger partial charge in [0, 0.05) is 23.5 Å². The molecule has 2 heterocycles. The molecule has 116 valence electrons. The fraction of sp³-hybridized carbons (Fsp3) is 0.263. The SMILES string of the molecule is Clc1ccc2ncnc(N3CCC(c4ccccc4)CC3)c2c1. The molecular formula is C19H18ClN3. The van der Waals surface area contributed by atoms with Crippen molar-refractivity contribution in [3.05, 3.63) is 65.4 Å². The van der Waals surface area contributed by atoms with Gasteiger partial charge in [0.15, 0.2) is 0 Å². The smallest absolute Gasteiger partial charge is 0.139 e. The molecule has 4 heteroatoms. The van der Waals surface area contributed by atoms with Crippen molar-refractivity contribution in [2.24, 2.45) is 0 Å². The maximum Gasteiger partial charge on any atom is 0.139 e. The number of hydrogen-bond donors (Lipinski definition) is 0. The highest BCUT2D eigenvalue weighted by atomic mass is 35.5. The van der Waals surface area contributed by atoms with Crippen LogP contribution in [0.25, 0.3) is 10.9 Å². The van der Waals surface area contributed by atoms with Crippen molar-refractivity contribution in [2.45, 2.75) is 18.8 Å². The van der Waals surface area contributed by atoms with Crippen LogP contribution in [0.2, 0.25) is 5.02 Å². The number of aromatic nitrogens is 2. The Balaban J connectivity index is 1.58. The summed E-state index contributed by atoms with van der Waals surface area (Å²) in [6.45, 7) is 2.02. The lowest BCUT2D eigenvalue weighted by Crippen LogP contribution is -2.33. The summed E-state index contributed by atoms with van der Waals surface area (Å²) < 4.78 is 0. The second kappa shape index (κ2) is 6.17. The molecule has 0 saturated carbocycles. The summed E-state index contributed by atoms with van der Waals surface area (Å²) in [6.07, 6.45) is 3.95. The highest BCUT2D eigenvalue weighted by molar-refractivity contribution is 6.31. The average molecular weight is 324 g/mol. The lowest BCUT2D eigenvalue weighted by Gasteiger charge is -2.33. The molecule has 1 saturated heterocycles. The molecule has 0 unspecified atom stereocenters. The molecule has 1 fully saturated rings. The monoisotopic (exact) mass is 323 g/mol. The zero-order valence-corrected chi connectivity index (χ0v) is 13.6. The molecule has 23 heavy (non-hydrogen) atoms. The van der Waals surface area contributed by atoms with Gasteiger partial charge in [-0.3, -0.25) is 0 Å². The fourth-order valence-corrected chi connectivity index (χ4v) is 3.59. The highest BCUT2D eigenvalue weighted by Crippen LogP contribution is 2.32. The van der Waals surface area contributed by atoms with Gasteiger partial charge in [0.05, 0.1) is 5.52 Å². The summed E-state index contributed by atoms with van der Waals surface area (Å²) in [4.78, 5) is 11.2. The summed E-state index contributed by atoms with van der Waals surface area (Å²) in [6, 6.07) is 16.6. The van der Waals surface area contributed by atoms with Gasteiger partial charge >= 0.3 is 0 Å². The Morgan fingerprint density at radius 3 is 2.52 bits per heavy atom. The second-order valence-corrected chi connectivity index (χ2v) is 6.47. The maximum atomic E-state index is 6.16. The normalized spacial score (nSPS) is 16.0.